The molecule has 0 aromatic carbocycles. The van der Waals surface area contributed by atoms with E-state index in [-0.39, 0.29) is 12.0 Å². The highest BCUT2D eigenvalue weighted by Crippen LogP contribution is 2.40. The molecule has 1 saturated heterocycles. The first-order valence-corrected chi connectivity index (χ1v) is 9.53. The fourth-order valence-corrected chi connectivity index (χ4v) is 3.29. The minimum atomic E-state index is -0.475. The molecule has 26 heavy (non-hydrogen) atoms. The second kappa shape index (κ2) is 7.64. The zero-order chi connectivity index (χ0) is 18.7. The quantitative estimate of drug-likeness (QED) is 0.884. The number of aromatic nitrogens is 1. The normalized spacial score (nSPS) is 18.5. The van der Waals surface area contributed by atoms with Crippen molar-refractivity contribution in [2.75, 3.05) is 18.4 Å². The van der Waals surface area contributed by atoms with Gasteiger partial charge in [-0.05, 0) is 69.9 Å². The number of ether oxygens (including phenoxy) is 1. The molecule has 1 aliphatic carbocycles. The van der Waals surface area contributed by atoms with E-state index >= 15 is 0 Å². The zero-order valence-electron chi connectivity index (χ0n) is 16.0. The van der Waals surface area contributed by atoms with Gasteiger partial charge in [0.05, 0.1) is 11.9 Å². The third kappa shape index (κ3) is 5.44. The van der Waals surface area contributed by atoms with Gasteiger partial charge in [-0.1, -0.05) is 0 Å². The van der Waals surface area contributed by atoms with Crippen molar-refractivity contribution in [3.05, 3.63) is 24.0 Å². The van der Waals surface area contributed by atoms with Gasteiger partial charge in [-0.3, -0.25) is 9.78 Å². The smallest absolute Gasteiger partial charge is 0.410 e. The average molecular weight is 359 g/mol. The van der Waals surface area contributed by atoms with Gasteiger partial charge < -0.3 is 15.0 Å². The Balaban J connectivity index is 1.43. The highest BCUT2D eigenvalue weighted by atomic mass is 16.6. The molecule has 0 bridgehead atoms. The lowest BCUT2D eigenvalue weighted by Gasteiger charge is -2.33. The van der Waals surface area contributed by atoms with E-state index in [0.717, 1.165) is 18.5 Å². The van der Waals surface area contributed by atoms with E-state index in [2.05, 4.69) is 10.3 Å². The topological polar surface area (TPSA) is 71.5 Å². The third-order valence-electron chi connectivity index (χ3n) is 4.83. The van der Waals surface area contributed by atoms with Crippen LogP contribution in [0.15, 0.2) is 18.5 Å². The Morgan fingerprint density at radius 2 is 1.88 bits per heavy atom. The minimum absolute atomic E-state index is 0.0236. The van der Waals surface area contributed by atoms with Crippen LogP contribution in [0.2, 0.25) is 0 Å². The van der Waals surface area contributed by atoms with Gasteiger partial charge in [0.25, 0.3) is 0 Å². The lowest BCUT2D eigenvalue weighted by molar-refractivity contribution is -0.117. The molecule has 2 aliphatic rings. The second-order valence-corrected chi connectivity index (χ2v) is 8.44. The van der Waals surface area contributed by atoms with Crippen LogP contribution in [0.3, 0.4) is 0 Å². The van der Waals surface area contributed by atoms with Crippen molar-refractivity contribution in [1.82, 2.24) is 9.88 Å². The first kappa shape index (κ1) is 18.7. The predicted molar refractivity (Wildman–Crippen MR) is 100.0 cm³/mol. The number of hydrogen-bond acceptors (Lipinski definition) is 4. The maximum atomic E-state index is 12.3. The van der Waals surface area contributed by atoms with Crippen LogP contribution in [0, 0.1) is 5.92 Å². The number of carbonyl (C=O) groups excluding carboxylic acids is 2. The summed E-state index contributed by atoms with van der Waals surface area (Å²) < 4.78 is 5.41. The molecule has 0 atom stereocenters. The molecule has 6 nitrogen and oxygen atoms in total. The summed E-state index contributed by atoms with van der Waals surface area (Å²) in [6.07, 6.45) is 7.90. The largest absolute Gasteiger partial charge is 0.444 e. The summed E-state index contributed by atoms with van der Waals surface area (Å²) in [5.41, 5.74) is 1.52. The number of anilines is 1. The van der Waals surface area contributed by atoms with E-state index in [9.17, 15) is 9.59 Å². The Morgan fingerprint density at radius 3 is 2.50 bits per heavy atom. The molecule has 1 N–H and O–H groups in total. The van der Waals surface area contributed by atoms with Gasteiger partial charge in [-0.15, -0.1) is 0 Å². The maximum absolute atomic E-state index is 12.3. The summed E-state index contributed by atoms with van der Waals surface area (Å²) in [6, 6.07) is 2.04. The summed E-state index contributed by atoms with van der Waals surface area (Å²) >= 11 is 0. The number of amides is 2. The number of rotatable bonds is 4. The second-order valence-electron chi connectivity index (χ2n) is 8.44. The molecular formula is C20H29N3O3. The van der Waals surface area contributed by atoms with Crippen molar-refractivity contribution in [1.29, 1.82) is 0 Å². The number of hydrogen-bond donors (Lipinski definition) is 1. The summed E-state index contributed by atoms with van der Waals surface area (Å²) in [5, 5.41) is 2.97. The van der Waals surface area contributed by atoms with E-state index in [1.54, 1.807) is 11.1 Å². The molecule has 2 heterocycles. The van der Waals surface area contributed by atoms with Gasteiger partial charge in [0.15, 0.2) is 0 Å². The van der Waals surface area contributed by atoms with E-state index in [4.69, 9.17) is 4.74 Å². The monoisotopic (exact) mass is 359 g/mol. The molecule has 1 aliphatic heterocycles. The van der Waals surface area contributed by atoms with Crippen LogP contribution in [0.5, 0.6) is 0 Å². The van der Waals surface area contributed by atoms with E-state index in [1.165, 1.54) is 18.4 Å². The number of likely N-dealkylation sites (tertiary alicyclic amines) is 1. The molecule has 1 aromatic rings. The molecule has 2 fully saturated rings. The van der Waals surface area contributed by atoms with Crippen LogP contribution in [-0.4, -0.2) is 40.6 Å². The van der Waals surface area contributed by atoms with Crippen molar-refractivity contribution >= 4 is 17.7 Å². The molecule has 6 heteroatoms. The molecule has 0 unspecified atom stereocenters. The molecule has 1 aromatic heterocycles. The molecule has 142 valence electrons. The molecule has 0 radical (unpaired) electrons. The Morgan fingerprint density at radius 1 is 1.19 bits per heavy atom. The SMILES string of the molecule is CC(C)(C)OC(=O)N1CCC(CC(=O)Nc2cncc(C3CC3)c2)CC1. The van der Waals surface area contributed by atoms with E-state index in [1.807, 2.05) is 33.0 Å². The summed E-state index contributed by atoms with van der Waals surface area (Å²) in [7, 11) is 0. The number of nitrogens with one attached hydrogen (secondary N) is 1. The van der Waals surface area contributed by atoms with Gasteiger partial charge in [-0.2, -0.15) is 0 Å². The lowest BCUT2D eigenvalue weighted by atomic mass is 9.93. The Labute approximate surface area is 155 Å². The van der Waals surface area contributed by atoms with Gasteiger partial charge in [0.1, 0.15) is 5.60 Å². The summed E-state index contributed by atoms with van der Waals surface area (Å²) in [4.78, 5) is 30.4. The Kier molecular flexibility index (Phi) is 5.49. The Hall–Kier alpha value is -2.11. The third-order valence-corrected chi connectivity index (χ3v) is 4.83. The summed E-state index contributed by atoms with van der Waals surface area (Å²) in [5.74, 6) is 0.945. The highest BCUT2D eigenvalue weighted by Gasteiger charge is 2.28. The van der Waals surface area contributed by atoms with Crippen LogP contribution >= 0.6 is 0 Å². The van der Waals surface area contributed by atoms with Crippen LogP contribution in [0.4, 0.5) is 10.5 Å². The van der Waals surface area contributed by atoms with E-state index < -0.39 is 5.60 Å². The number of piperidine rings is 1. The predicted octanol–water partition coefficient (Wildman–Crippen LogP) is 3.93. The van der Waals surface area contributed by atoms with Gasteiger partial charge in [0, 0.05) is 25.7 Å². The molecule has 2 amide bonds. The van der Waals surface area contributed by atoms with Crippen molar-refractivity contribution in [2.45, 2.75) is 64.4 Å². The van der Waals surface area contributed by atoms with Crippen molar-refractivity contribution in [3.63, 3.8) is 0 Å². The average Bonchev–Trinajstić information content (AvgIpc) is 3.39. The van der Waals surface area contributed by atoms with Crippen LogP contribution < -0.4 is 5.32 Å². The van der Waals surface area contributed by atoms with Crippen molar-refractivity contribution in [2.24, 2.45) is 5.92 Å². The maximum Gasteiger partial charge on any atom is 0.410 e. The van der Waals surface area contributed by atoms with Gasteiger partial charge >= 0.3 is 6.09 Å². The van der Waals surface area contributed by atoms with Gasteiger partial charge in [-0.25, -0.2) is 4.79 Å². The molecular weight excluding hydrogens is 330 g/mol. The van der Waals surface area contributed by atoms with Crippen molar-refractivity contribution in [3.8, 4) is 0 Å². The fourth-order valence-electron chi connectivity index (χ4n) is 3.29. The minimum Gasteiger partial charge on any atom is -0.444 e. The summed E-state index contributed by atoms with van der Waals surface area (Å²) in [6.45, 7) is 6.90. The molecule has 1 saturated carbocycles. The first-order valence-electron chi connectivity index (χ1n) is 9.53. The number of pyridine rings is 1. The number of carbonyl (C=O) groups is 2. The Bertz CT molecular complexity index is 657. The lowest BCUT2D eigenvalue weighted by Crippen LogP contribution is -2.42. The van der Waals surface area contributed by atoms with Crippen LogP contribution in [0.25, 0.3) is 0 Å². The zero-order valence-corrected chi connectivity index (χ0v) is 16.0. The highest BCUT2D eigenvalue weighted by molar-refractivity contribution is 5.90. The van der Waals surface area contributed by atoms with Crippen LogP contribution in [0.1, 0.15) is 64.4 Å². The fraction of sp³-hybridized carbons (Fsp3) is 0.650. The van der Waals surface area contributed by atoms with Gasteiger partial charge in [0.2, 0.25) is 5.91 Å². The van der Waals surface area contributed by atoms with E-state index in [0.29, 0.717) is 31.3 Å². The first-order chi connectivity index (χ1) is 12.3. The standard InChI is InChI=1S/C20H29N3O3/c1-20(2,3)26-19(25)23-8-6-14(7-9-23)10-18(24)22-17-11-16(12-21-13-17)15-4-5-15/h11-15H,4-10H2,1-3H3,(H,22,24). The van der Waals surface area contributed by atoms with Crippen molar-refractivity contribution < 1.29 is 14.3 Å². The number of nitrogens with zero attached hydrogens (tertiary/aromatic N) is 2. The van der Waals surface area contributed by atoms with Crippen LogP contribution in [-0.2, 0) is 9.53 Å². The molecule has 3 rings (SSSR count). The molecule has 0 spiro atoms.